The molecule has 0 aliphatic heterocycles. The van der Waals surface area contributed by atoms with Crippen LogP contribution in [0.2, 0.25) is 19.6 Å². The van der Waals surface area contributed by atoms with Crippen molar-refractivity contribution in [2.24, 2.45) is 11.3 Å². The van der Waals surface area contributed by atoms with Gasteiger partial charge >= 0.3 is 5.97 Å². The van der Waals surface area contributed by atoms with E-state index in [1.807, 2.05) is 13.8 Å². The Morgan fingerprint density at radius 1 is 1.36 bits per heavy atom. The summed E-state index contributed by atoms with van der Waals surface area (Å²) in [4.78, 5) is 10.8. The summed E-state index contributed by atoms with van der Waals surface area (Å²) < 4.78 is 0. The van der Waals surface area contributed by atoms with Gasteiger partial charge in [0.15, 0.2) is 0 Å². The molecule has 0 heterocycles. The zero-order valence-corrected chi connectivity index (χ0v) is 10.9. The second-order valence-electron chi connectivity index (χ2n) is 5.28. The minimum atomic E-state index is -1.40. The fraction of sp³-hybridized carbons (Fsp3) is 0.727. The second-order valence-corrected chi connectivity index (χ2v) is 10.0. The summed E-state index contributed by atoms with van der Waals surface area (Å²) in [6.45, 7) is 11.9. The van der Waals surface area contributed by atoms with Crippen molar-refractivity contribution >= 4 is 14.0 Å². The molecule has 0 rings (SSSR count). The minimum absolute atomic E-state index is 0.425. The Morgan fingerprint density at radius 3 is 2.07 bits per heavy atom. The summed E-state index contributed by atoms with van der Waals surface area (Å²) >= 11 is 0. The highest BCUT2D eigenvalue weighted by Crippen LogP contribution is 2.25. The van der Waals surface area contributed by atoms with E-state index < -0.39 is 25.4 Å². The maximum absolute atomic E-state index is 10.8. The van der Waals surface area contributed by atoms with Crippen molar-refractivity contribution in [2.45, 2.75) is 40.4 Å². The van der Waals surface area contributed by atoms with Crippen LogP contribution in [0.1, 0.15) is 20.8 Å². The van der Waals surface area contributed by atoms with E-state index in [-0.39, 0.29) is 0 Å². The maximum atomic E-state index is 10.8. The summed E-state index contributed by atoms with van der Waals surface area (Å²) in [5.74, 6) is 1.91. The molecule has 1 atom stereocenters. The molecule has 0 aromatic heterocycles. The standard InChI is InChI=1S/C11H20O2Si/c1-9(10(12)13)11(2,3)7-8-14(4,5)6/h9H,1-6H3,(H,12,13). The zero-order valence-electron chi connectivity index (χ0n) is 9.93. The van der Waals surface area contributed by atoms with E-state index in [4.69, 9.17) is 5.11 Å². The molecule has 0 spiro atoms. The number of carboxylic acids is 1. The van der Waals surface area contributed by atoms with Crippen molar-refractivity contribution in [2.75, 3.05) is 0 Å². The van der Waals surface area contributed by atoms with Gasteiger partial charge in [0.25, 0.3) is 0 Å². The first kappa shape index (κ1) is 13.2. The molecular formula is C11H20O2Si. The summed E-state index contributed by atoms with van der Waals surface area (Å²) in [7, 11) is -1.40. The van der Waals surface area contributed by atoms with Gasteiger partial charge in [-0.2, -0.15) is 0 Å². The first-order valence-electron chi connectivity index (χ1n) is 4.83. The second kappa shape index (κ2) is 4.18. The van der Waals surface area contributed by atoms with E-state index in [0.717, 1.165) is 0 Å². The van der Waals surface area contributed by atoms with Crippen LogP contribution in [-0.2, 0) is 4.79 Å². The Hall–Kier alpha value is -0.753. The molecule has 0 fully saturated rings. The lowest BCUT2D eigenvalue weighted by Crippen LogP contribution is -2.28. The highest BCUT2D eigenvalue weighted by atomic mass is 28.3. The van der Waals surface area contributed by atoms with Crippen LogP contribution >= 0.6 is 0 Å². The van der Waals surface area contributed by atoms with Crippen LogP contribution in [0.25, 0.3) is 0 Å². The molecule has 0 aliphatic rings. The quantitative estimate of drug-likeness (QED) is 0.564. The first-order valence-corrected chi connectivity index (χ1v) is 8.33. The lowest BCUT2D eigenvalue weighted by atomic mass is 9.81. The molecule has 0 radical (unpaired) electrons. The molecule has 14 heavy (non-hydrogen) atoms. The van der Waals surface area contributed by atoms with Gasteiger partial charge in [-0.05, 0) is 13.8 Å². The Bertz CT molecular complexity index is 276. The van der Waals surface area contributed by atoms with Crippen molar-refractivity contribution in [1.29, 1.82) is 0 Å². The van der Waals surface area contributed by atoms with Crippen LogP contribution < -0.4 is 0 Å². The molecule has 0 amide bonds. The lowest BCUT2D eigenvalue weighted by molar-refractivity contribution is -0.143. The highest BCUT2D eigenvalue weighted by Gasteiger charge is 2.29. The Balaban J connectivity index is 4.78. The van der Waals surface area contributed by atoms with E-state index in [9.17, 15) is 4.79 Å². The Labute approximate surface area is 87.7 Å². The third kappa shape index (κ3) is 4.47. The molecule has 2 nitrogen and oxygen atoms in total. The number of hydrogen-bond acceptors (Lipinski definition) is 1. The third-order valence-corrected chi connectivity index (χ3v) is 3.09. The van der Waals surface area contributed by atoms with Crippen molar-refractivity contribution in [3.8, 4) is 11.5 Å². The van der Waals surface area contributed by atoms with Gasteiger partial charge in [-0.25, -0.2) is 0 Å². The molecule has 80 valence electrons. The predicted molar refractivity (Wildman–Crippen MR) is 61.7 cm³/mol. The van der Waals surface area contributed by atoms with E-state index in [1.54, 1.807) is 6.92 Å². The Kier molecular flexibility index (Phi) is 3.96. The predicted octanol–water partition coefficient (Wildman–Crippen LogP) is 2.61. The molecule has 1 N–H and O–H groups in total. The van der Waals surface area contributed by atoms with E-state index in [0.29, 0.717) is 0 Å². The van der Waals surface area contributed by atoms with Gasteiger partial charge < -0.3 is 5.11 Å². The van der Waals surface area contributed by atoms with Crippen LogP contribution in [0.5, 0.6) is 0 Å². The fourth-order valence-electron chi connectivity index (χ4n) is 0.766. The van der Waals surface area contributed by atoms with Crippen LogP contribution in [0.3, 0.4) is 0 Å². The number of carbonyl (C=O) groups is 1. The minimum Gasteiger partial charge on any atom is -0.481 e. The van der Waals surface area contributed by atoms with Gasteiger partial charge in [-0.15, -0.1) is 11.5 Å². The van der Waals surface area contributed by atoms with Gasteiger partial charge in [0.2, 0.25) is 0 Å². The average Bonchev–Trinajstić information content (AvgIpc) is 1.98. The molecule has 0 aromatic rings. The highest BCUT2D eigenvalue weighted by molar-refractivity contribution is 6.83. The summed E-state index contributed by atoms with van der Waals surface area (Å²) in [6, 6.07) is 0. The lowest BCUT2D eigenvalue weighted by Gasteiger charge is -2.23. The summed E-state index contributed by atoms with van der Waals surface area (Å²) in [5.41, 5.74) is 2.79. The summed E-state index contributed by atoms with van der Waals surface area (Å²) in [6.07, 6.45) is 0. The summed E-state index contributed by atoms with van der Waals surface area (Å²) in [5, 5.41) is 8.89. The van der Waals surface area contributed by atoms with Crippen LogP contribution in [0.15, 0.2) is 0 Å². The molecule has 1 unspecified atom stereocenters. The van der Waals surface area contributed by atoms with Crippen molar-refractivity contribution in [3.63, 3.8) is 0 Å². The molecule has 3 heteroatoms. The monoisotopic (exact) mass is 212 g/mol. The number of rotatable bonds is 2. The molecule has 0 saturated heterocycles. The van der Waals surface area contributed by atoms with Crippen LogP contribution in [0, 0.1) is 22.8 Å². The first-order chi connectivity index (χ1) is 6.06. The van der Waals surface area contributed by atoms with Gasteiger partial charge in [0, 0.05) is 5.41 Å². The average molecular weight is 212 g/mol. The topological polar surface area (TPSA) is 37.3 Å². The van der Waals surface area contributed by atoms with Crippen molar-refractivity contribution in [3.05, 3.63) is 0 Å². The van der Waals surface area contributed by atoms with E-state index in [1.165, 1.54) is 0 Å². The van der Waals surface area contributed by atoms with Gasteiger partial charge in [-0.1, -0.05) is 26.6 Å². The molecular weight excluding hydrogens is 192 g/mol. The smallest absolute Gasteiger partial charge is 0.307 e. The van der Waals surface area contributed by atoms with Gasteiger partial charge in [-0.3, -0.25) is 4.79 Å². The third-order valence-electron chi connectivity index (χ3n) is 2.21. The molecule has 0 aromatic carbocycles. The van der Waals surface area contributed by atoms with Crippen LogP contribution in [0.4, 0.5) is 0 Å². The van der Waals surface area contributed by atoms with Crippen molar-refractivity contribution in [1.82, 2.24) is 0 Å². The maximum Gasteiger partial charge on any atom is 0.307 e. The number of aliphatic carboxylic acids is 1. The number of hydrogen-bond donors (Lipinski definition) is 1. The van der Waals surface area contributed by atoms with Crippen molar-refractivity contribution < 1.29 is 9.90 Å². The SMILES string of the molecule is CC(C(=O)O)C(C)(C)C#C[Si](C)(C)C. The number of carboxylic acid groups (broad SMARTS) is 1. The zero-order chi connectivity index (χ0) is 11.6. The van der Waals surface area contributed by atoms with Gasteiger partial charge in [0.1, 0.15) is 8.07 Å². The largest absolute Gasteiger partial charge is 0.481 e. The van der Waals surface area contributed by atoms with Crippen LogP contribution in [-0.4, -0.2) is 19.1 Å². The molecule has 0 bridgehead atoms. The fourth-order valence-corrected chi connectivity index (χ4v) is 1.46. The normalized spacial score (nSPS) is 14.1. The molecule has 0 aliphatic carbocycles. The Morgan fingerprint density at radius 2 is 1.79 bits per heavy atom. The van der Waals surface area contributed by atoms with E-state index in [2.05, 4.69) is 31.1 Å². The molecule has 0 saturated carbocycles. The van der Waals surface area contributed by atoms with E-state index >= 15 is 0 Å². The van der Waals surface area contributed by atoms with Gasteiger partial charge in [0.05, 0.1) is 5.92 Å².